The van der Waals surface area contributed by atoms with E-state index in [1.54, 1.807) is 19.1 Å². The third-order valence-electron chi connectivity index (χ3n) is 5.97. The van der Waals surface area contributed by atoms with Crippen molar-refractivity contribution in [1.29, 1.82) is 0 Å². The molecule has 27 heavy (non-hydrogen) atoms. The monoisotopic (exact) mass is 374 g/mol. The second-order valence-corrected chi connectivity index (χ2v) is 7.74. The summed E-state index contributed by atoms with van der Waals surface area (Å²) in [6, 6.07) is 5.74. The average molecular weight is 374 g/mol. The van der Waals surface area contributed by atoms with E-state index in [2.05, 4.69) is 5.32 Å². The minimum Gasteiger partial charge on any atom is -0.497 e. The lowest BCUT2D eigenvalue weighted by atomic mass is 9.92. The van der Waals surface area contributed by atoms with Gasteiger partial charge in [0.1, 0.15) is 17.0 Å². The van der Waals surface area contributed by atoms with Crippen molar-refractivity contribution in [1.82, 2.24) is 10.2 Å². The van der Waals surface area contributed by atoms with Crippen LogP contribution >= 0.6 is 0 Å². The summed E-state index contributed by atoms with van der Waals surface area (Å²) in [5.74, 6) is 1.35. The molecule has 0 radical (unpaired) electrons. The Morgan fingerprint density at radius 2 is 1.96 bits per heavy atom. The largest absolute Gasteiger partial charge is 0.497 e. The predicted molar refractivity (Wildman–Crippen MR) is 103 cm³/mol. The van der Waals surface area contributed by atoms with Gasteiger partial charge in [-0.25, -0.2) is 0 Å². The van der Waals surface area contributed by atoms with Gasteiger partial charge < -0.3 is 19.7 Å². The molecular formula is C21H30N2O4. The lowest BCUT2D eigenvalue weighted by Crippen LogP contribution is -2.56. The Bertz CT molecular complexity index is 699. The molecule has 0 bridgehead atoms. The molecule has 0 spiro atoms. The average Bonchev–Trinajstić information content (AvgIpc) is 2.98. The number of hydrogen-bond acceptors (Lipinski definition) is 4. The van der Waals surface area contributed by atoms with Crippen molar-refractivity contribution in [3.63, 3.8) is 0 Å². The van der Waals surface area contributed by atoms with Crippen molar-refractivity contribution < 1.29 is 19.1 Å². The molecule has 1 saturated carbocycles. The molecule has 1 aliphatic heterocycles. The minimum atomic E-state index is -0.831. The van der Waals surface area contributed by atoms with Crippen LogP contribution in [0.15, 0.2) is 18.2 Å². The summed E-state index contributed by atoms with van der Waals surface area (Å²) in [7, 11) is 3.21. The van der Waals surface area contributed by atoms with Crippen LogP contribution in [0, 0.1) is 0 Å². The van der Waals surface area contributed by atoms with Crippen molar-refractivity contribution in [2.45, 2.75) is 70.0 Å². The first-order valence-corrected chi connectivity index (χ1v) is 9.80. The number of nitrogens with one attached hydrogen (secondary N) is 1. The van der Waals surface area contributed by atoms with E-state index in [1.807, 2.05) is 25.1 Å². The predicted octanol–water partition coefficient (Wildman–Crippen LogP) is 3.03. The van der Waals surface area contributed by atoms with E-state index in [-0.39, 0.29) is 17.9 Å². The summed E-state index contributed by atoms with van der Waals surface area (Å²) < 4.78 is 10.8. The van der Waals surface area contributed by atoms with Gasteiger partial charge in [0.05, 0.1) is 20.8 Å². The van der Waals surface area contributed by atoms with Gasteiger partial charge in [-0.3, -0.25) is 9.59 Å². The molecule has 2 aliphatic rings. The zero-order chi connectivity index (χ0) is 19.4. The number of benzene rings is 1. The van der Waals surface area contributed by atoms with Crippen molar-refractivity contribution in [2.24, 2.45) is 0 Å². The Kier molecular flexibility index (Phi) is 5.92. The summed E-state index contributed by atoms with van der Waals surface area (Å²) >= 11 is 0. The number of hydrogen-bond donors (Lipinski definition) is 1. The van der Waals surface area contributed by atoms with Crippen LogP contribution in [0.5, 0.6) is 11.5 Å². The molecule has 6 heteroatoms. The molecular weight excluding hydrogens is 344 g/mol. The highest BCUT2D eigenvalue weighted by molar-refractivity contribution is 5.94. The maximum absolute atomic E-state index is 13.1. The first-order valence-electron chi connectivity index (χ1n) is 9.80. The number of likely N-dealkylation sites (tertiary alicyclic amines) is 1. The summed E-state index contributed by atoms with van der Waals surface area (Å²) in [6.45, 7) is 2.20. The topological polar surface area (TPSA) is 67.9 Å². The van der Waals surface area contributed by atoms with Crippen molar-refractivity contribution in [3.8, 4) is 11.5 Å². The van der Waals surface area contributed by atoms with Crippen molar-refractivity contribution in [2.75, 3.05) is 14.2 Å². The second-order valence-electron chi connectivity index (χ2n) is 7.74. The van der Waals surface area contributed by atoms with Crippen LogP contribution in [0.3, 0.4) is 0 Å². The van der Waals surface area contributed by atoms with Crippen LogP contribution in [0.2, 0.25) is 0 Å². The Morgan fingerprint density at radius 1 is 1.22 bits per heavy atom. The van der Waals surface area contributed by atoms with Gasteiger partial charge in [-0.2, -0.15) is 0 Å². The van der Waals surface area contributed by atoms with Gasteiger partial charge in [-0.1, -0.05) is 19.3 Å². The normalized spacial score (nSPS) is 23.4. The van der Waals surface area contributed by atoms with Crippen LogP contribution in [-0.2, 0) is 16.1 Å². The zero-order valence-corrected chi connectivity index (χ0v) is 16.5. The van der Waals surface area contributed by atoms with Gasteiger partial charge in [0.2, 0.25) is 11.8 Å². The zero-order valence-electron chi connectivity index (χ0n) is 16.5. The standard InChI is InChI=1S/C21H30N2O4/c1-21(20(25)22-16-7-5-4-6-8-16)12-11-19(24)23(21)14-15-13-17(26-2)9-10-18(15)27-3/h9-10,13,16H,4-8,11-12,14H2,1-3H3,(H,22,25)/t21-/m1/s1. The molecule has 0 unspecified atom stereocenters. The molecule has 1 saturated heterocycles. The third-order valence-corrected chi connectivity index (χ3v) is 5.97. The lowest BCUT2D eigenvalue weighted by molar-refractivity contribution is -0.141. The van der Waals surface area contributed by atoms with Gasteiger partial charge in [-0.15, -0.1) is 0 Å². The molecule has 1 aromatic carbocycles. The van der Waals surface area contributed by atoms with E-state index in [1.165, 1.54) is 6.42 Å². The molecule has 1 aromatic rings. The van der Waals surface area contributed by atoms with Crippen LogP contribution < -0.4 is 14.8 Å². The maximum Gasteiger partial charge on any atom is 0.245 e. The van der Waals surface area contributed by atoms with Gasteiger partial charge in [0.25, 0.3) is 0 Å². The smallest absolute Gasteiger partial charge is 0.245 e. The molecule has 1 atom stereocenters. The fraction of sp³-hybridized carbons (Fsp3) is 0.619. The van der Waals surface area contributed by atoms with Gasteiger partial charge in [0.15, 0.2) is 0 Å². The van der Waals surface area contributed by atoms with E-state index >= 15 is 0 Å². The minimum absolute atomic E-state index is 0.00108. The number of nitrogens with zero attached hydrogens (tertiary/aromatic N) is 1. The molecule has 0 aromatic heterocycles. The summed E-state index contributed by atoms with van der Waals surface area (Å²) in [4.78, 5) is 27.4. The molecule has 1 N–H and O–H groups in total. The van der Waals surface area contributed by atoms with Crippen molar-refractivity contribution >= 4 is 11.8 Å². The van der Waals surface area contributed by atoms with Crippen LogP contribution in [0.4, 0.5) is 0 Å². The molecule has 3 rings (SSSR count). The molecule has 1 aliphatic carbocycles. The van der Waals surface area contributed by atoms with Gasteiger partial charge >= 0.3 is 0 Å². The Labute approximate surface area is 161 Å². The SMILES string of the molecule is COc1ccc(OC)c(CN2C(=O)CC[C@]2(C)C(=O)NC2CCCCC2)c1. The second kappa shape index (κ2) is 8.19. The highest BCUT2D eigenvalue weighted by Gasteiger charge is 2.47. The summed E-state index contributed by atoms with van der Waals surface area (Å²) in [5, 5.41) is 3.20. The van der Waals surface area contributed by atoms with Crippen LogP contribution in [0.25, 0.3) is 0 Å². The quantitative estimate of drug-likeness (QED) is 0.831. The van der Waals surface area contributed by atoms with E-state index in [0.717, 1.165) is 31.2 Å². The Morgan fingerprint density at radius 3 is 2.63 bits per heavy atom. The molecule has 1 heterocycles. The number of methoxy groups -OCH3 is 2. The fourth-order valence-electron chi connectivity index (χ4n) is 4.16. The van der Waals surface area contributed by atoms with E-state index in [0.29, 0.717) is 30.9 Å². The maximum atomic E-state index is 13.1. The number of ether oxygens (including phenoxy) is 2. The van der Waals surface area contributed by atoms with Gasteiger partial charge in [-0.05, 0) is 44.4 Å². The van der Waals surface area contributed by atoms with Gasteiger partial charge in [0, 0.05) is 18.0 Å². The Balaban J connectivity index is 1.80. The molecule has 2 fully saturated rings. The first-order chi connectivity index (χ1) is 13.0. The Hall–Kier alpha value is -2.24. The summed E-state index contributed by atoms with van der Waals surface area (Å²) in [5.41, 5.74) is 0.00611. The molecule has 6 nitrogen and oxygen atoms in total. The van der Waals surface area contributed by atoms with Crippen LogP contribution in [0.1, 0.15) is 57.4 Å². The number of rotatable bonds is 6. The summed E-state index contributed by atoms with van der Waals surface area (Å²) in [6.07, 6.45) is 6.54. The third kappa shape index (κ3) is 4.04. The lowest BCUT2D eigenvalue weighted by Gasteiger charge is -2.36. The molecule has 148 valence electrons. The highest BCUT2D eigenvalue weighted by Crippen LogP contribution is 2.35. The van der Waals surface area contributed by atoms with Crippen molar-refractivity contribution in [3.05, 3.63) is 23.8 Å². The number of amides is 2. The van der Waals surface area contributed by atoms with E-state index in [9.17, 15) is 9.59 Å². The fourth-order valence-corrected chi connectivity index (χ4v) is 4.16. The number of carbonyl (C=O) groups excluding carboxylic acids is 2. The number of carbonyl (C=O) groups is 2. The van der Waals surface area contributed by atoms with E-state index < -0.39 is 5.54 Å². The molecule has 2 amide bonds. The highest BCUT2D eigenvalue weighted by atomic mass is 16.5. The first kappa shape index (κ1) is 19.5. The van der Waals surface area contributed by atoms with Crippen LogP contribution in [-0.4, -0.2) is 42.5 Å². The van der Waals surface area contributed by atoms with E-state index in [4.69, 9.17) is 9.47 Å².